The van der Waals surface area contributed by atoms with Crippen molar-refractivity contribution in [3.8, 4) is 6.07 Å². The van der Waals surface area contributed by atoms with Gasteiger partial charge in [0.25, 0.3) is 0 Å². The molecule has 1 unspecified atom stereocenters. The number of nitrogens with zero attached hydrogens (tertiary/aromatic N) is 2. The van der Waals surface area contributed by atoms with Crippen molar-refractivity contribution in [3.05, 3.63) is 23.0 Å². The van der Waals surface area contributed by atoms with E-state index in [1.54, 1.807) is 0 Å². The van der Waals surface area contributed by atoms with Gasteiger partial charge in [-0.25, -0.2) is 0 Å². The van der Waals surface area contributed by atoms with Gasteiger partial charge in [0, 0.05) is 18.8 Å². The average Bonchev–Trinajstić information content (AvgIpc) is 2.26. The van der Waals surface area contributed by atoms with Gasteiger partial charge in [-0.1, -0.05) is 0 Å². The van der Waals surface area contributed by atoms with E-state index in [1.807, 2.05) is 33.8 Å². The predicted molar refractivity (Wildman–Crippen MR) is 68.0 cm³/mol. The Bertz CT molecular complexity index is 423. The van der Waals surface area contributed by atoms with Gasteiger partial charge >= 0.3 is 0 Å². The Morgan fingerprint density at radius 1 is 1.53 bits per heavy atom. The van der Waals surface area contributed by atoms with Crippen LogP contribution < -0.4 is 5.32 Å². The summed E-state index contributed by atoms with van der Waals surface area (Å²) in [7, 11) is 0. The molecule has 0 spiro atoms. The molecule has 0 fully saturated rings. The van der Waals surface area contributed by atoms with E-state index in [0.29, 0.717) is 18.7 Å². The van der Waals surface area contributed by atoms with Gasteiger partial charge < -0.3 is 10.1 Å². The molecule has 92 valence electrons. The van der Waals surface area contributed by atoms with E-state index in [9.17, 15) is 0 Å². The van der Waals surface area contributed by atoms with Crippen LogP contribution in [0.15, 0.2) is 6.07 Å². The van der Waals surface area contributed by atoms with Crippen molar-refractivity contribution < 1.29 is 4.74 Å². The highest BCUT2D eigenvalue weighted by Gasteiger charge is 2.09. The van der Waals surface area contributed by atoms with Crippen molar-refractivity contribution in [3.63, 3.8) is 0 Å². The van der Waals surface area contributed by atoms with Crippen LogP contribution in [0, 0.1) is 25.2 Å². The highest BCUT2D eigenvalue weighted by molar-refractivity contribution is 5.59. The van der Waals surface area contributed by atoms with Crippen LogP contribution in [0.3, 0.4) is 0 Å². The zero-order valence-electron chi connectivity index (χ0n) is 10.9. The summed E-state index contributed by atoms with van der Waals surface area (Å²) in [5, 5.41) is 12.3. The van der Waals surface area contributed by atoms with E-state index in [0.717, 1.165) is 17.1 Å². The Balaban J connectivity index is 2.80. The molecule has 0 amide bonds. The Labute approximate surface area is 103 Å². The number of hydrogen-bond acceptors (Lipinski definition) is 4. The largest absolute Gasteiger partial charge is 0.381 e. The van der Waals surface area contributed by atoms with E-state index < -0.39 is 0 Å². The molecule has 0 bridgehead atoms. The number of aryl methyl sites for hydroxylation is 2. The maximum atomic E-state index is 9.10. The van der Waals surface area contributed by atoms with Crippen LogP contribution in [0.25, 0.3) is 0 Å². The zero-order valence-corrected chi connectivity index (χ0v) is 10.9. The van der Waals surface area contributed by atoms with Crippen LogP contribution >= 0.6 is 0 Å². The molecule has 4 heteroatoms. The smallest absolute Gasteiger partial charge is 0.103 e. The maximum absolute atomic E-state index is 9.10. The lowest BCUT2D eigenvalue weighted by atomic mass is 10.1. The number of ether oxygens (including phenoxy) is 1. The number of aromatic nitrogens is 1. The number of nitriles is 1. The Kier molecular flexibility index (Phi) is 4.92. The molecule has 0 radical (unpaired) electrons. The van der Waals surface area contributed by atoms with E-state index in [-0.39, 0.29) is 6.10 Å². The monoisotopic (exact) mass is 233 g/mol. The summed E-state index contributed by atoms with van der Waals surface area (Å²) in [6.45, 7) is 9.13. The molecule has 0 saturated heterocycles. The van der Waals surface area contributed by atoms with Crippen molar-refractivity contribution >= 4 is 5.69 Å². The molecular formula is C13H19N3O. The number of anilines is 1. The third-order valence-corrected chi connectivity index (χ3v) is 2.47. The molecule has 1 atom stereocenters. The standard InChI is InChI=1S/C13H19N3O/c1-5-17-10(3)8-15-13-6-9(2)16-11(4)12(13)7-14/h6,10H,5,8H2,1-4H3,(H,15,16). The third kappa shape index (κ3) is 3.72. The number of hydrogen-bond donors (Lipinski definition) is 1. The summed E-state index contributed by atoms with van der Waals surface area (Å²) < 4.78 is 5.44. The van der Waals surface area contributed by atoms with Crippen molar-refractivity contribution in [2.75, 3.05) is 18.5 Å². The molecule has 1 N–H and O–H groups in total. The van der Waals surface area contributed by atoms with Crippen LogP contribution in [-0.2, 0) is 4.74 Å². The van der Waals surface area contributed by atoms with E-state index >= 15 is 0 Å². The molecular weight excluding hydrogens is 214 g/mol. The first-order chi connectivity index (χ1) is 8.08. The minimum atomic E-state index is 0.125. The lowest BCUT2D eigenvalue weighted by molar-refractivity contribution is 0.0855. The van der Waals surface area contributed by atoms with Crippen LogP contribution in [0.1, 0.15) is 30.8 Å². The van der Waals surface area contributed by atoms with Crippen molar-refractivity contribution in [1.29, 1.82) is 5.26 Å². The molecule has 0 saturated carbocycles. The molecule has 0 aliphatic carbocycles. The Morgan fingerprint density at radius 2 is 2.24 bits per heavy atom. The van der Waals surface area contributed by atoms with Crippen LogP contribution in [-0.4, -0.2) is 24.2 Å². The molecule has 0 aromatic carbocycles. The SMILES string of the molecule is CCOC(C)CNc1cc(C)nc(C)c1C#N. The van der Waals surface area contributed by atoms with Gasteiger partial charge in [-0.2, -0.15) is 5.26 Å². The molecule has 1 aromatic heterocycles. The summed E-state index contributed by atoms with van der Waals surface area (Å²) in [6, 6.07) is 4.07. The van der Waals surface area contributed by atoms with Crippen molar-refractivity contribution in [2.24, 2.45) is 0 Å². The number of nitrogens with one attached hydrogen (secondary N) is 1. The van der Waals surface area contributed by atoms with Crippen LogP contribution in [0.4, 0.5) is 5.69 Å². The van der Waals surface area contributed by atoms with Gasteiger partial charge in [-0.15, -0.1) is 0 Å². The topological polar surface area (TPSA) is 57.9 Å². The minimum Gasteiger partial charge on any atom is -0.381 e. The fourth-order valence-corrected chi connectivity index (χ4v) is 1.71. The van der Waals surface area contributed by atoms with E-state index in [1.165, 1.54) is 0 Å². The van der Waals surface area contributed by atoms with Crippen molar-refractivity contribution in [2.45, 2.75) is 33.8 Å². The molecule has 4 nitrogen and oxygen atoms in total. The first-order valence-corrected chi connectivity index (χ1v) is 5.82. The average molecular weight is 233 g/mol. The summed E-state index contributed by atoms with van der Waals surface area (Å²) in [4.78, 5) is 4.27. The lowest BCUT2D eigenvalue weighted by Gasteiger charge is -2.15. The van der Waals surface area contributed by atoms with Crippen LogP contribution in [0.5, 0.6) is 0 Å². The molecule has 0 aliphatic rings. The van der Waals surface area contributed by atoms with Gasteiger partial charge in [-0.3, -0.25) is 4.98 Å². The van der Waals surface area contributed by atoms with Crippen LogP contribution in [0.2, 0.25) is 0 Å². The normalized spacial score (nSPS) is 11.9. The van der Waals surface area contributed by atoms with Gasteiger partial charge in [0.05, 0.1) is 23.0 Å². The molecule has 1 rings (SSSR count). The summed E-state index contributed by atoms with van der Waals surface area (Å²) in [5.41, 5.74) is 3.12. The fraction of sp³-hybridized carbons (Fsp3) is 0.538. The van der Waals surface area contributed by atoms with Gasteiger partial charge in [0.1, 0.15) is 6.07 Å². The molecule has 17 heavy (non-hydrogen) atoms. The Morgan fingerprint density at radius 3 is 2.82 bits per heavy atom. The zero-order chi connectivity index (χ0) is 12.8. The molecule has 0 aliphatic heterocycles. The summed E-state index contributed by atoms with van der Waals surface area (Å²) in [6.07, 6.45) is 0.125. The second-order valence-corrected chi connectivity index (χ2v) is 4.03. The highest BCUT2D eigenvalue weighted by atomic mass is 16.5. The van der Waals surface area contributed by atoms with Gasteiger partial charge in [0.2, 0.25) is 0 Å². The van der Waals surface area contributed by atoms with E-state index in [2.05, 4.69) is 16.4 Å². The van der Waals surface area contributed by atoms with Gasteiger partial charge in [0.15, 0.2) is 0 Å². The maximum Gasteiger partial charge on any atom is 0.103 e. The summed E-state index contributed by atoms with van der Waals surface area (Å²) in [5.74, 6) is 0. The molecule has 1 aromatic rings. The van der Waals surface area contributed by atoms with Crippen molar-refractivity contribution in [1.82, 2.24) is 4.98 Å². The summed E-state index contributed by atoms with van der Waals surface area (Å²) >= 11 is 0. The molecule has 1 heterocycles. The van der Waals surface area contributed by atoms with Gasteiger partial charge in [-0.05, 0) is 33.8 Å². The highest BCUT2D eigenvalue weighted by Crippen LogP contribution is 2.18. The first-order valence-electron chi connectivity index (χ1n) is 5.82. The third-order valence-electron chi connectivity index (χ3n) is 2.47. The second-order valence-electron chi connectivity index (χ2n) is 4.03. The quantitative estimate of drug-likeness (QED) is 0.848. The van der Waals surface area contributed by atoms with E-state index in [4.69, 9.17) is 10.00 Å². The lowest BCUT2D eigenvalue weighted by Crippen LogP contribution is -2.20. The first kappa shape index (κ1) is 13.5. The Hall–Kier alpha value is -1.60. The fourth-order valence-electron chi connectivity index (χ4n) is 1.71. The minimum absolute atomic E-state index is 0.125. The second kappa shape index (κ2) is 6.21. The number of pyridine rings is 1. The number of rotatable bonds is 5. The predicted octanol–water partition coefficient (Wildman–Crippen LogP) is 2.41.